The highest BCUT2D eigenvalue weighted by Gasteiger charge is 2.36. The number of piperidine rings is 1. The molecule has 2 N–H and O–H groups in total. The maximum Gasteiger partial charge on any atom is 0.273 e. The molecule has 7 nitrogen and oxygen atoms in total. The summed E-state index contributed by atoms with van der Waals surface area (Å²) in [6.45, 7) is 1.88. The predicted molar refractivity (Wildman–Crippen MR) is 113 cm³/mol. The highest BCUT2D eigenvalue weighted by atomic mass is 35.5. The molecule has 1 aromatic heterocycles. The zero-order chi connectivity index (χ0) is 23.2. The summed E-state index contributed by atoms with van der Waals surface area (Å²) in [6, 6.07) is 1.03. The van der Waals surface area contributed by atoms with E-state index in [1.807, 2.05) is 7.05 Å². The van der Waals surface area contributed by atoms with Crippen LogP contribution in [-0.4, -0.2) is 50.0 Å². The molecule has 1 saturated heterocycles. The maximum atomic E-state index is 13.5. The summed E-state index contributed by atoms with van der Waals surface area (Å²) in [7, 11) is -2.04. The van der Waals surface area contributed by atoms with Crippen LogP contribution in [-0.2, 0) is 23.0 Å². The number of aromatic nitrogens is 1. The monoisotopic (exact) mass is 490 g/mol. The number of carbonyl (C=O) groups is 1. The Hall–Kier alpha value is -2.08. The minimum absolute atomic E-state index is 0.118. The molecular formula is C20H22ClF3N4O3S. The van der Waals surface area contributed by atoms with Crippen molar-refractivity contribution in [1.29, 1.82) is 0 Å². The third-order valence-corrected chi connectivity index (χ3v) is 7.93. The van der Waals surface area contributed by atoms with Gasteiger partial charge in [-0.05, 0) is 45.8 Å². The number of amides is 1. The first-order valence-corrected chi connectivity index (χ1v) is 12.0. The van der Waals surface area contributed by atoms with Gasteiger partial charge in [0.15, 0.2) is 17.5 Å². The second kappa shape index (κ2) is 8.69. The van der Waals surface area contributed by atoms with Crippen molar-refractivity contribution in [1.82, 2.24) is 14.2 Å². The van der Waals surface area contributed by atoms with Gasteiger partial charge in [0, 0.05) is 36.1 Å². The van der Waals surface area contributed by atoms with E-state index in [1.165, 1.54) is 4.57 Å². The fourth-order valence-electron chi connectivity index (χ4n) is 4.23. The highest BCUT2D eigenvalue weighted by molar-refractivity contribution is 7.89. The van der Waals surface area contributed by atoms with E-state index in [0.29, 0.717) is 50.1 Å². The fraction of sp³-hybridized carbons (Fsp3) is 0.450. The van der Waals surface area contributed by atoms with Crippen molar-refractivity contribution in [3.05, 3.63) is 46.0 Å². The number of benzene rings is 1. The number of anilines is 1. The fourth-order valence-corrected chi connectivity index (χ4v) is 6.48. The van der Waals surface area contributed by atoms with Crippen LogP contribution in [0.25, 0.3) is 0 Å². The van der Waals surface area contributed by atoms with Crippen LogP contribution in [0, 0.1) is 17.5 Å². The average Bonchev–Trinajstić information content (AvgIpc) is 3.26. The predicted octanol–water partition coefficient (Wildman–Crippen LogP) is 3.13. The molecule has 32 heavy (non-hydrogen) atoms. The number of hydrogen-bond acceptors (Lipinski definition) is 4. The van der Waals surface area contributed by atoms with Crippen LogP contribution in [0.5, 0.6) is 0 Å². The summed E-state index contributed by atoms with van der Waals surface area (Å²) >= 11 is 6.40. The van der Waals surface area contributed by atoms with E-state index >= 15 is 0 Å². The molecule has 2 aliphatic rings. The lowest BCUT2D eigenvalue weighted by molar-refractivity contribution is 0.101. The summed E-state index contributed by atoms with van der Waals surface area (Å²) in [5.74, 6) is -5.42. The molecule has 3 heterocycles. The summed E-state index contributed by atoms with van der Waals surface area (Å²) in [5, 5.41) is 2.03. The molecule has 12 heteroatoms. The molecule has 0 radical (unpaired) electrons. The topological polar surface area (TPSA) is 83.4 Å². The molecule has 2 aromatic rings. The Morgan fingerprint density at radius 2 is 1.75 bits per heavy atom. The number of rotatable bonds is 5. The Morgan fingerprint density at radius 3 is 2.38 bits per heavy atom. The van der Waals surface area contributed by atoms with Gasteiger partial charge in [-0.1, -0.05) is 11.6 Å². The molecule has 2 aliphatic heterocycles. The number of halogens is 4. The molecule has 0 bridgehead atoms. The molecule has 1 amide bonds. The number of likely N-dealkylation sites (tertiary alicyclic amines) is 1. The summed E-state index contributed by atoms with van der Waals surface area (Å²) in [6.07, 6.45) is 2.33. The van der Waals surface area contributed by atoms with Gasteiger partial charge < -0.3 is 14.8 Å². The summed E-state index contributed by atoms with van der Waals surface area (Å²) in [5.41, 5.74) is -0.0185. The molecule has 0 spiro atoms. The van der Waals surface area contributed by atoms with E-state index in [4.69, 9.17) is 11.6 Å². The van der Waals surface area contributed by atoms with Crippen molar-refractivity contribution in [3.63, 3.8) is 0 Å². The molecule has 0 aliphatic carbocycles. The van der Waals surface area contributed by atoms with Crippen LogP contribution in [0.1, 0.15) is 35.4 Å². The van der Waals surface area contributed by atoms with Crippen LogP contribution in [0.2, 0.25) is 5.02 Å². The Morgan fingerprint density at radius 1 is 1.12 bits per heavy atom. The number of sulfonamides is 1. The Labute approximate surface area is 188 Å². The maximum absolute atomic E-state index is 13.5. The lowest BCUT2D eigenvalue weighted by Gasteiger charge is -2.29. The Kier molecular flexibility index (Phi) is 6.27. The summed E-state index contributed by atoms with van der Waals surface area (Å²) < 4.78 is 70.8. The van der Waals surface area contributed by atoms with Gasteiger partial charge in [-0.25, -0.2) is 26.3 Å². The van der Waals surface area contributed by atoms with Crippen LogP contribution in [0.4, 0.5) is 18.9 Å². The van der Waals surface area contributed by atoms with Gasteiger partial charge >= 0.3 is 0 Å². The smallest absolute Gasteiger partial charge is 0.273 e. The molecule has 174 valence electrons. The van der Waals surface area contributed by atoms with Crippen molar-refractivity contribution in [2.45, 2.75) is 43.2 Å². The standard InChI is InChI=1S/C20H22ClF3N4O3S/c1-27-7-4-11(5-8-27)26-32(30,31)19-15-3-2-6-28(15)18(16(19)21)20(29)25-12-9-13(22)17(24)14(23)10-12/h9-11,26H,2-8H2,1H3,(H,25,29). The van der Waals surface area contributed by atoms with E-state index < -0.39 is 33.4 Å². The first-order valence-electron chi connectivity index (χ1n) is 10.2. The molecule has 0 unspecified atom stereocenters. The first kappa shape index (κ1) is 23.1. The van der Waals surface area contributed by atoms with Gasteiger partial charge in [-0.2, -0.15) is 0 Å². The van der Waals surface area contributed by atoms with Crippen LogP contribution < -0.4 is 10.0 Å². The molecular weight excluding hydrogens is 469 g/mol. The minimum Gasteiger partial charge on any atom is -0.338 e. The second-order valence-corrected chi connectivity index (χ2v) is 10.1. The molecule has 0 saturated carbocycles. The van der Waals surface area contributed by atoms with E-state index in [1.54, 1.807) is 0 Å². The minimum atomic E-state index is -4.01. The van der Waals surface area contributed by atoms with Gasteiger partial charge in [0.25, 0.3) is 5.91 Å². The number of carbonyl (C=O) groups excluding carboxylic acids is 1. The van der Waals surface area contributed by atoms with Crippen molar-refractivity contribution in [3.8, 4) is 0 Å². The lowest BCUT2D eigenvalue weighted by Crippen LogP contribution is -2.43. The Bertz CT molecular complexity index is 1150. The number of fused-ring (bicyclic) bond motifs is 1. The van der Waals surface area contributed by atoms with E-state index in [0.717, 1.165) is 13.1 Å². The highest BCUT2D eigenvalue weighted by Crippen LogP contribution is 2.37. The van der Waals surface area contributed by atoms with Crippen molar-refractivity contribution in [2.24, 2.45) is 0 Å². The van der Waals surface area contributed by atoms with Crippen LogP contribution in [0.3, 0.4) is 0 Å². The van der Waals surface area contributed by atoms with Crippen molar-refractivity contribution < 1.29 is 26.4 Å². The second-order valence-electron chi connectivity index (χ2n) is 8.10. The van der Waals surface area contributed by atoms with E-state index in [-0.39, 0.29) is 27.3 Å². The van der Waals surface area contributed by atoms with Crippen molar-refractivity contribution >= 4 is 33.2 Å². The van der Waals surface area contributed by atoms with Crippen molar-refractivity contribution in [2.75, 3.05) is 25.5 Å². The first-order chi connectivity index (χ1) is 15.1. The third kappa shape index (κ3) is 4.26. The van der Waals surface area contributed by atoms with Gasteiger partial charge in [-0.15, -0.1) is 0 Å². The number of hydrogen-bond donors (Lipinski definition) is 2. The van der Waals surface area contributed by atoms with Gasteiger partial charge in [0.2, 0.25) is 10.0 Å². The molecule has 0 atom stereocenters. The normalized spacial score (nSPS) is 17.5. The molecule has 4 rings (SSSR count). The average molecular weight is 491 g/mol. The largest absolute Gasteiger partial charge is 0.338 e. The lowest BCUT2D eigenvalue weighted by atomic mass is 10.1. The molecule has 1 fully saturated rings. The SMILES string of the molecule is CN1CCC(NS(=O)(=O)c2c(Cl)c(C(=O)Nc3cc(F)c(F)c(F)c3)n3c2CCC3)CC1. The zero-order valence-corrected chi connectivity index (χ0v) is 18.8. The van der Waals surface area contributed by atoms with Gasteiger partial charge in [0.05, 0.1) is 5.02 Å². The zero-order valence-electron chi connectivity index (χ0n) is 17.2. The Balaban J connectivity index is 1.65. The number of nitrogens with zero attached hydrogens (tertiary/aromatic N) is 2. The quantitative estimate of drug-likeness (QED) is 0.631. The van der Waals surface area contributed by atoms with Gasteiger partial charge in [0.1, 0.15) is 10.6 Å². The summed E-state index contributed by atoms with van der Waals surface area (Å²) in [4.78, 5) is 14.9. The van der Waals surface area contributed by atoms with Gasteiger partial charge in [-0.3, -0.25) is 4.79 Å². The molecule has 1 aromatic carbocycles. The van der Waals surface area contributed by atoms with E-state index in [9.17, 15) is 26.4 Å². The van der Waals surface area contributed by atoms with E-state index in [2.05, 4.69) is 14.9 Å². The third-order valence-electron chi connectivity index (χ3n) is 5.83. The number of nitrogens with one attached hydrogen (secondary N) is 2. The van der Waals surface area contributed by atoms with Crippen LogP contribution in [0.15, 0.2) is 17.0 Å². The van der Waals surface area contributed by atoms with Crippen LogP contribution >= 0.6 is 11.6 Å².